The molecule has 4 aromatic rings. The summed E-state index contributed by atoms with van der Waals surface area (Å²) in [5.74, 6) is 0.0499. The Labute approximate surface area is 209 Å². The molecule has 6 nitrogen and oxygen atoms in total. The molecule has 3 aromatic carbocycles. The highest BCUT2D eigenvalue weighted by atomic mass is 19.1. The predicted octanol–water partition coefficient (Wildman–Crippen LogP) is 5.51. The second-order valence-corrected chi connectivity index (χ2v) is 9.43. The van der Waals surface area contributed by atoms with Crippen molar-refractivity contribution in [2.45, 2.75) is 25.8 Å². The molecule has 7 heteroatoms. The fourth-order valence-corrected chi connectivity index (χ4v) is 5.22. The highest BCUT2D eigenvalue weighted by Crippen LogP contribution is 2.41. The number of aromatic nitrogens is 2. The van der Waals surface area contributed by atoms with E-state index in [0.717, 1.165) is 66.0 Å². The highest BCUT2D eigenvalue weighted by Gasteiger charge is 2.31. The van der Waals surface area contributed by atoms with Crippen LogP contribution in [0.4, 0.5) is 15.8 Å². The van der Waals surface area contributed by atoms with Crippen LogP contribution in [0.15, 0.2) is 66.7 Å². The van der Waals surface area contributed by atoms with Crippen LogP contribution < -0.4 is 10.6 Å². The molecule has 0 bridgehead atoms. The van der Waals surface area contributed by atoms with Crippen molar-refractivity contribution in [1.82, 2.24) is 14.9 Å². The van der Waals surface area contributed by atoms with Crippen LogP contribution >= 0.6 is 0 Å². The summed E-state index contributed by atoms with van der Waals surface area (Å²) in [6, 6.07) is 20.4. The van der Waals surface area contributed by atoms with Crippen molar-refractivity contribution in [3.8, 4) is 0 Å². The number of nitrogens with zero attached hydrogens (tertiary/aromatic N) is 2. The van der Waals surface area contributed by atoms with Gasteiger partial charge in [-0.3, -0.25) is 4.79 Å². The molecule has 3 N–H and O–H groups in total. The van der Waals surface area contributed by atoms with Gasteiger partial charge in [0.1, 0.15) is 11.6 Å². The fraction of sp³-hybridized carbons (Fsp3) is 0.241. The van der Waals surface area contributed by atoms with E-state index in [-0.39, 0.29) is 11.7 Å². The summed E-state index contributed by atoms with van der Waals surface area (Å²) < 4.78 is 13.8. The van der Waals surface area contributed by atoms with Crippen molar-refractivity contribution < 1.29 is 9.18 Å². The zero-order valence-corrected chi connectivity index (χ0v) is 20.1. The number of halogens is 1. The van der Waals surface area contributed by atoms with Gasteiger partial charge in [0.2, 0.25) is 0 Å². The molecule has 2 aliphatic rings. The maximum absolute atomic E-state index is 13.8. The second-order valence-electron chi connectivity index (χ2n) is 9.43. The number of H-pyrrole nitrogens is 1. The Morgan fingerprint density at radius 3 is 2.61 bits per heavy atom. The molecule has 2 aliphatic heterocycles. The summed E-state index contributed by atoms with van der Waals surface area (Å²) in [6.07, 6.45) is 2.18. The van der Waals surface area contributed by atoms with Gasteiger partial charge < -0.3 is 20.5 Å². The third kappa shape index (κ3) is 4.16. The molecule has 1 amide bonds. The number of benzene rings is 3. The molecule has 36 heavy (non-hydrogen) atoms. The molecule has 6 rings (SSSR count). The molecule has 0 atom stereocenters. The van der Waals surface area contributed by atoms with Crippen molar-refractivity contribution in [2.24, 2.45) is 0 Å². The lowest BCUT2D eigenvalue weighted by atomic mass is 9.94. The van der Waals surface area contributed by atoms with E-state index < -0.39 is 0 Å². The molecule has 3 heterocycles. The lowest BCUT2D eigenvalue weighted by molar-refractivity contribution is -0.110. The number of amides is 1. The highest BCUT2D eigenvalue weighted by molar-refractivity contribution is 6.38. The van der Waals surface area contributed by atoms with Gasteiger partial charge in [0, 0.05) is 41.6 Å². The summed E-state index contributed by atoms with van der Waals surface area (Å²) >= 11 is 0. The second kappa shape index (κ2) is 9.24. The average molecular weight is 482 g/mol. The van der Waals surface area contributed by atoms with E-state index in [1.54, 1.807) is 12.1 Å². The third-order valence-electron chi connectivity index (χ3n) is 7.18. The number of nitrogens with one attached hydrogen (secondary N) is 3. The lowest BCUT2D eigenvalue weighted by Crippen LogP contribution is -2.38. The number of piperidine rings is 1. The number of anilines is 2. The Morgan fingerprint density at radius 1 is 1.08 bits per heavy atom. The van der Waals surface area contributed by atoms with Crippen LogP contribution in [0.2, 0.25) is 0 Å². The van der Waals surface area contributed by atoms with E-state index >= 15 is 0 Å². The topological polar surface area (TPSA) is 73.0 Å². The van der Waals surface area contributed by atoms with Gasteiger partial charge in [-0.15, -0.1) is 0 Å². The van der Waals surface area contributed by atoms with Gasteiger partial charge in [-0.25, -0.2) is 9.37 Å². The molecule has 182 valence electrons. The number of hydrogen-bond acceptors (Lipinski definition) is 4. The number of likely N-dealkylation sites (tertiary alicyclic amines) is 1. The molecule has 1 saturated heterocycles. The third-order valence-corrected chi connectivity index (χ3v) is 7.18. The zero-order valence-electron chi connectivity index (χ0n) is 20.1. The summed E-state index contributed by atoms with van der Waals surface area (Å²) in [5.41, 5.74) is 6.14. The Bertz CT molecular complexity index is 1430. The van der Waals surface area contributed by atoms with Crippen LogP contribution in [-0.2, 0) is 4.79 Å². The van der Waals surface area contributed by atoms with Crippen molar-refractivity contribution in [2.75, 3.05) is 30.3 Å². The minimum atomic E-state index is -0.329. The monoisotopic (exact) mass is 481 g/mol. The molecule has 1 aromatic heterocycles. The number of fused-ring (bicyclic) bond motifs is 2. The van der Waals surface area contributed by atoms with E-state index in [1.807, 2.05) is 42.5 Å². The van der Waals surface area contributed by atoms with E-state index in [4.69, 9.17) is 4.98 Å². The van der Waals surface area contributed by atoms with Crippen molar-refractivity contribution in [1.29, 1.82) is 0 Å². The summed E-state index contributed by atoms with van der Waals surface area (Å²) in [5, 5.41) is 6.69. The van der Waals surface area contributed by atoms with E-state index in [0.29, 0.717) is 23.0 Å². The van der Waals surface area contributed by atoms with Crippen LogP contribution in [0.5, 0.6) is 0 Å². The lowest BCUT2D eigenvalue weighted by Gasteiger charge is -2.32. The average Bonchev–Trinajstić information content (AvgIpc) is 3.46. The Kier molecular flexibility index (Phi) is 5.77. The smallest absolute Gasteiger partial charge is 0.257 e. The largest absolute Gasteiger partial charge is 0.382 e. The number of carbonyl (C=O) groups is 1. The number of para-hydroxylation sites is 2. The van der Waals surface area contributed by atoms with E-state index in [1.165, 1.54) is 12.1 Å². The number of hydrogen-bond donors (Lipinski definition) is 3. The molecule has 0 aliphatic carbocycles. The summed E-state index contributed by atoms with van der Waals surface area (Å²) in [7, 11) is 0. The first-order valence-corrected chi connectivity index (χ1v) is 12.5. The first-order chi connectivity index (χ1) is 17.6. The molecule has 0 radical (unpaired) electrons. The molecular weight excluding hydrogens is 453 g/mol. The predicted molar refractivity (Wildman–Crippen MR) is 142 cm³/mol. The molecule has 1 fully saturated rings. The van der Waals surface area contributed by atoms with Gasteiger partial charge in [0.15, 0.2) is 0 Å². The first-order valence-electron chi connectivity index (χ1n) is 12.5. The fourth-order valence-electron chi connectivity index (χ4n) is 5.22. The molecule has 0 saturated carbocycles. The summed E-state index contributed by atoms with van der Waals surface area (Å²) in [6.45, 7) is 5.46. The maximum atomic E-state index is 13.8. The number of imidazole rings is 1. The Hall–Kier alpha value is -3.97. The van der Waals surface area contributed by atoms with Gasteiger partial charge >= 0.3 is 0 Å². The number of rotatable bonds is 5. The van der Waals surface area contributed by atoms with Gasteiger partial charge in [0.05, 0.1) is 16.6 Å². The van der Waals surface area contributed by atoms with Crippen LogP contribution in [0.1, 0.15) is 36.7 Å². The normalized spacial score (nSPS) is 17.8. The summed E-state index contributed by atoms with van der Waals surface area (Å²) in [4.78, 5) is 24.0. The van der Waals surface area contributed by atoms with Gasteiger partial charge in [-0.05, 0) is 67.4 Å². The van der Waals surface area contributed by atoms with Gasteiger partial charge in [0.25, 0.3) is 5.91 Å². The number of carbonyl (C=O) groups excluding carboxylic acids is 1. The van der Waals surface area contributed by atoms with Crippen molar-refractivity contribution in [3.05, 3.63) is 89.5 Å². The van der Waals surface area contributed by atoms with Gasteiger partial charge in [-0.1, -0.05) is 31.2 Å². The Balaban J connectivity index is 1.45. The maximum Gasteiger partial charge on any atom is 0.257 e. The molecular formula is C29H28FN5O. The minimum Gasteiger partial charge on any atom is -0.382 e. The van der Waals surface area contributed by atoms with E-state index in [2.05, 4.69) is 27.4 Å². The van der Waals surface area contributed by atoms with Crippen LogP contribution in [-0.4, -0.2) is 46.5 Å². The van der Waals surface area contributed by atoms with Gasteiger partial charge in [-0.2, -0.15) is 0 Å². The quantitative estimate of drug-likeness (QED) is 0.329. The van der Waals surface area contributed by atoms with Crippen LogP contribution in [0, 0.1) is 5.82 Å². The molecule has 0 spiro atoms. The van der Waals surface area contributed by atoms with E-state index in [9.17, 15) is 9.18 Å². The first kappa shape index (κ1) is 22.5. The Morgan fingerprint density at radius 2 is 1.86 bits per heavy atom. The number of aromatic amines is 1. The standard InChI is InChI=1S/C29H28FN5O/c1-2-35-15-13-20(14-16-35)31-21-11-12-23-22(17-21)27(29(36)34-23)26(18-7-9-19(30)10-8-18)28-32-24-5-3-4-6-25(24)33-28/h3-12,17,20,31H,2,13-16H2,1H3,(H,32,33)(H,34,36)/b27-26-. The van der Waals surface area contributed by atoms with Crippen LogP contribution in [0.25, 0.3) is 22.2 Å². The SMILES string of the molecule is CCN1CCC(Nc2ccc3c(c2)/C(=C(\c2ccc(F)cc2)c2nc4ccccc4[nH]2)C(=O)N3)CC1. The zero-order chi connectivity index (χ0) is 24.6. The van der Waals surface area contributed by atoms with Crippen molar-refractivity contribution >= 4 is 39.5 Å². The van der Waals surface area contributed by atoms with Crippen LogP contribution in [0.3, 0.4) is 0 Å². The minimum absolute atomic E-state index is 0.196. The van der Waals surface area contributed by atoms with Crippen molar-refractivity contribution in [3.63, 3.8) is 0 Å². The molecule has 0 unspecified atom stereocenters.